The third-order valence-corrected chi connectivity index (χ3v) is 4.73. The molecule has 0 aromatic heterocycles. The number of morpholine rings is 1. The largest absolute Gasteiger partial charge is 0.382 e. The van der Waals surface area contributed by atoms with Crippen LogP contribution in [0.15, 0.2) is 18.2 Å². The van der Waals surface area contributed by atoms with E-state index in [2.05, 4.69) is 10.6 Å². The molecule has 0 radical (unpaired) electrons. The van der Waals surface area contributed by atoms with Gasteiger partial charge in [0.1, 0.15) is 17.6 Å². The molecule has 2 atom stereocenters. The molecule has 1 saturated heterocycles. The lowest BCUT2D eigenvalue weighted by Gasteiger charge is -2.38. The molecule has 2 aliphatic rings. The van der Waals surface area contributed by atoms with E-state index in [-0.39, 0.29) is 5.82 Å². The van der Waals surface area contributed by atoms with Crippen molar-refractivity contribution in [1.29, 1.82) is 0 Å². The predicted octanol–water partition coefficient (Wildman–Crippen LogP) is 2.69. The van der Waals surface area contributed by atoms with Crippen molar-refractivity contribution in [3.05, 3.63) is 29.6 Å². The quantitative estimate of drug-likeness (QED) is 0.803. The van der Waals surface area contributed by atoms with Gasteiger partial charge in [-0.2, -0.15) is 0 Å². The van der Waals surface area contributed by atoms with E-state index in [1.807, 2.05) is 19.1 Å². The first kappa shape index (κ1) is 15.7. The number of rotatable bonds is 3. The Morgan fingerprint density at radius 2 is 2.09 bits per heavy atom. The summed E-state index contributed by atoms with van der Waals surface area (Å²) in [6, 6.07) is 5.71. The number of halogens is 1. The Balaban J connectivity index is 1.80. The van der Waals surface area contributed by atoms with Crippen LogP contribution in [0, 0.1) is 5.82 Å². The van der Waals surface area contributed by atoms with E-state index in [0.29, 0.717) is 24.7 Å². The highest BCUT2D eigenvalue weighted by Crippen LogP contribution is 2.32. The van der Waals surface area contributed by atoms with Crippen molar-refractivity contribution in [3.63, 3.8) is 0 Å². The summed E-state index contributed by atoms with van der Waals surface area (Å²) in [7, 11) is 0. The molecule has 1 aromatic carbocycles. The first-order valence-electron chi connectivity index (χ1n) is 8.27. The lowest BCUT2D eigenvalue weighted by Crippen LogP contribution is -2.53. The molecule has 2 fully saturated rings. The lowest BCUT2D eigenvalue weighted by atomic mass is 9.92. The smallest absolute Gasteiger partial charge is 0.129 e. The number of hydrogen-bond acceptors (Lipinski definition) is 4. The molecule has 3 rings (SSSR count). The number of nitrogens with two attached hydrogens (primary N) is 1. The van der Waals surface area contributed by atoms with Crippen LogP contribution in [0.3, 0.4) is 0 Å². The SMILES string of the molecule is CC1(c2cc(NC3CCCCC3)ccc2F)CNC[C@H](N)O1. The van der Waals surface area contributed by atoms with E-state index in [4.69, 9.17) is 10.5 Å². The lowest BCUT2D eigenvalue weighted by molar-refractivity contribution is -0.109. The molecule has 22 heavy (non-hydrogen) atoms. The Morgan fingerprint density at radius 1 is 1.32 bits per heavy atom. The van der Waals surface area contributed by atoms with Crippen molar-refractivity contribution in [2.24, 2.45) is 5.73 Å². The Labute approximate surface area is 131 Å². The van der Waals surface area contributed by atoms with Gasteiger partial charge < -0.3 is 21.1 Å². The molecule has 1 aliphatic heterocycles. The zero-order valence-corrected chi connectivity index (χ0v) is 13.2. The molecule has 1 heterocycles. The summed E-state index contributed by atoms with van der Waals surface area (Å²) in [4.78, 5) is 0. The van der Waals surface area contributed by atoms with Crippen LogP contribution in [-0.4, -0.2) is 25.4 Å². The molecule has 0 spiro atoms. The molecule has 1 aromatic rings. The molecule has 0 amide bonds. The summed E-state index contributed by atoms with van der Waals surface area (Å²) in [5.41, 5.74) is 6.66. The fourth-order valence-electron chi connectivity index (χ4n) is 3.53. The molecule has 0 bridgehead atoms. The average Bonchev–Trinajstić information content (AvgIpc) is 2.50. The summed E-state index contributed by atoms with van der Waals surface area (Å²) in [5.74, 6) is -0.243. The Hall–Kier alpha value is -1.17. The van der Waals surface area contributed by atoms with Crippen molar-refractivity contribution in [1.82, 2.24) is 5.32 Å². The number of anilines is 1. The fraction of sp³-hybridized carbons (Fsp3) is 0.647. The highest BCUT2D eigenvalue weighted by molar-refractivity contribution is 5.48. The van der Waals surface area contributed by atoms with Crippen LogP contribution in [0.4, 0.5) is 10.1 Å². The van der Waals surface area contributed by atoms with Crippen LogP contribution in [-0.2, 0) is 10.3 Å². The van der Waals surface area contributed by atoms with Gasteiger partial charge in [-0.3, -0.25) is 0 Å². The van der Waals surface area contributed by atoms with E-state index in [0.717, 1.165) is 5.69 Å². The molecule has 4 nitrogen and oxygen atoms in total. The highest BCUT2D eigenvalue weighted by Gasteiger charge is 2.35. The van der Waals surface area contributed by atoms with Gasteiger partial charge in [-0.25, -0.2) is 4.39 Å². The Kier molecular flexibility index (Phi) is 4.66. The number of benzene rings is 1. The first-order valence-corrected chi connectivity index (χ1v) is 8.27. The van der Waals surface area contributed by atoms with Gasteiger partial charge in [0.15, 0.2) is 0 Å². The molecule has 4 N–H and O–H groups in total. The van der Waals surface area contributed by atoms with E-state index in [1.54, 1.807) is 0 Å². The topological polar surface area (TPSA) is 59.3 Å². The molecule has 1 aliphatic carbocycles. The van der Waals surface area contributed by atoms with Gasteiger partial charge in [-0.05, 0) is 38.0 Å². The van der Waals surface area contributed by atoms with Crippen LogP contribution in [0.1, 0.15) is 44.6 Å². The van der Waals surface area contributed by atoms with Crippen LogP contribution in [0.5, 0.6) is 0 Å². The van der Waals surface area contributed by atoms with Crippen molar-refractivity contribution < 1.29 is 9.13 Å². The maximum atomic E-state index is 14.3. The zero-order valence-electron chi connectivity index (χ0n) is 13.2. The van der Waals surface area contributed by atoms with Gasteiger partial charge in [0.2, 0.25) is 0 Å². The minimum atomic E-state index is -0.730. The second-order valence-electron chi connectivity index (χ2n) is 6.69. The monoisotopic (exact) mass is 307 g/mol. The Bertz CT molecular complexity index is 519. The van der Waals surface area contributed by atoms with E-state index < -0.39 is 11.8 Å². The first-order chi connectivity index (χ1) is 10.6. The second-order valence-corrected chi connectivity index (χ2v) is 6.69. The zero-order chi connectivity index (χ0) is 15.6. The van der Waals surface area contributed by atoms with Crippen LogP contribution < -0.4 is 16.4 Å². The molecular formula is C17H26FN3O. The normalized spacial score (nSPS) is 30.2. The summed E-state index contributed by atoms with van der Waals surface area (Å²) in [5, 5.41) is 6.76. The van der Waals surface area contributed by atoms with Crippen molar-refractivity contribution in [2.45, 2.75) is 56.9 Å². The van der Waals surface area contributed by atoms with Gasteiger partial charge in [0.05, 0.1) is 0 Å². The predicted molar refractivity (Wildman–Crippen MR) is 86.2 cm³/mol. The maximum absolute atomic E-state index is 14.3. The van der Waals surface area contributed by atoms with E-state index in [1.165, 1.54) is 38.2 Å². The average molecular weight is 307 g/mol. The minimum absolute atomic E-state index is 0.243. The van der Waals surface area contributed by atoms with Gasteiger partial charge in [-0.15, -0.1) is 0 Å². The summed E-state index contributed by atoms with van der Waals surface area (Å²) in [6.07, 6.45) is 5.83. The van der Waals surface area contributed by atoms with E-state index in [9.17, 15) is 4.39 Å². The number of hydrogen-bond donors (Lipinski definition) is 3. The highest BCUT2D eigenvalue weighted by atomic mass is 19.1. The standard InChI is InChI=1S/C17H26FN3O/c1-17(11-20-10-16(19)22-17)14-9-13(7-8-15(14)18)21-12-5-3-2-4-6-12/h7-9,12,16,20-21H,2-6,10-11,19H2,1H3/t16-,17?/m1/s1. The van der Waals surface area contributed by atoms with Crippen molar-refractivity contribution >= 4 is 5.69 Å². The minimum Gasteiger partial charge on any atom is -0.382 e. The Morgan fingerprint density at radius 3 is 2.82 bits per heavy atom. The maximum Gasteiger partial charge on any atom is 0.129 e. The van der Waals surface area contributed by atoms with Crippen LogP contribution in [0.25, 0.3) is 0 Å². The summed E-state index contributed by atoms with van der Waals surface area (Å²) in [6.45, 7) is 3.05. The van der Waals surface area contributed by atoms with Crippen molar-refractivity contribution in [2.75, 3.05) is 18.4 Å². The number of nitrogens with one attached hydrogen (secondary N) is 2. The molecule has 5 heteroatoms. The third kappa shape index (κ3) is 3.42. The molecular weight excluding hydrogens is 281 g/mol. The van der Waals surface area contributed by atoms with Gasteiger partial charge in [0.25, 0.3) is 0 Å². The molecule has 122 valence electrons. The van der Waals surface area contributed by atoms with Crippen LogP contribution in [0.2, 0.25) is 0 Å². The third-order valence-electron chi connectivity index (χ3n) is 4.73. The van der Waals surface area contributed by atoms with Gasteiger partial charge >= 0.3 is 0 Å². The van der Waals surface area contributed by atoms with Gasteiger partial charge in [0, 0.05) is 30.4 Å². The second kappa shape index (κ2) is 6.52. The van der Waals surface area contributed by atoms with E-state index >= 15 is 0 Å². The fourth-order valence-corrected chi connectivity index (χ4v) is 3.53. The summed E-state index contributed by atoms with van der Waals surface area (Å²) >= 11 is 0. The van der Waals surface area contributed by atoms with Crippen molar-refractivity contribution in [3.8, 4) is 0 Å². The van der Waals surface area contributed by atoms with Crippen LogP contribution >= 0.6 is 0 Å². The molecule has 1 unspecified atom stereocenters. The summed E-state index contributed by atoms with van der Waals surface area (Å²) < 4.78 is 20.2. The number of ether oxygens (including phenoxy) is 1. The molecule has 1 saturated carbocycles. The van der Waals surface area contributed by atoms with Gasteiger partial charge in [-0.1, -0.05) is 19.3 Å².